The maximum absolute atomic E-state index is 12.5. The molecule has 1 amide bonds. The lowest BCUT2D eigenvalue weighted by Gasteiger charge is -2.27. The highest BCUT2D eigenvalue weighted by Gasteiger charge is 2.28. The molecule has 0 radical (unpaired) electrons. The normalized spacial score (nSPS) is 14.4. The van der Waals surface area contributed by atoms with Crippen molar-refractivity contribution in [2.45, 2.75) is 58.0 Å². The Labute approximate surface area is 186 Å². The molecule has 1 aliphatic carbocycles. The Hall–Kier alpha value is -2.60. The van der Waals surface area contributed by atoms with Crippen molar-refractivity contribution in [3.05, 3.63) is 48.2 Å². The number of benzene rings is 1. The van der Waals surface area contributed by atoms with E-state index in [0.29, 0.717) is 23.9 Å². The van der Waals surface area contributed by atoms with Crippen LogP contribution in [0.5, 0.6) is 5.75 Å². The number of ether oxygens (including phenoxy) is 1. The summed E-state index contributed by atoms with van der Waals surface area (Å²) in [7, 11) is 4.29. The Morgan fingerprint density at radius 3 is 2.55 bits per heavy atom. The van der Waals surface area contributed by atoms with E-state index in [1.54, 1.807) is 18.3 Å². The number of amides is 1. The number of nitrogens with one attached hydrogen (secondary N) is 1. The highest BCUT2D eigenvalue weighted by Crippen LogP contribution is 2.27. The molecule has 0 saturated heterocycles. The van der Waals surface area contributed by atoms with Crippen LogP contribution in [0.2, 0.25) is 0 Å². The molecule has 1 aromatic carbocycles. The first-order valence-electron chi connectivity index (χ1n) is 11.4. The molecule has 1 aliphatic rings. The van der Waals surface area contributed by atoms with Gasteiger partial charge in [-0.05, 0) is 76.1 Å². The molecule has 1 N–H and O–H groups in total. The van der Waals surface area contributed by atoms with Gasteiger partial charge in [-0.1, -0.05) is 13.3 Å². The molecule has 1 heterocycles. The lowest BCUT2D eigenvalue weighted by molar-refractivity contribution is 0.102. The Morgan fingerprint density at radius 1 is 1.19 bits per heavy atom. The zero-order valence-corrected chi connectivity index (χ0v) is 19.3. The number of rotatable bonds is 12. The van der Waals surface area contributed by atoms with Crippen LogP contribution in [0.3, 0.4) is 0 Å². The molecule has 1 unspecified atom stereocenters. The fourth-order valence-corrected chi connectivity index (χ4v) is 3.47. The minimum Gasteiger partial charge on any atom is -0.494 e. The van der Waals surface area contributed by atoms with Gasteiger partial charge in [0.05, 0.1) is 18.5 Å². The molecule has 1 fully saturated rings. The minimum atomic E-state index is -0.153. The minimum absolute atomic E-state index is 0.153. The number of anilines is 2. The number of carbonyl (C=O) groups is 1. The van der Waals surface area contributed by atoms with E-state index in [2.05, 4.69) is 48.0 Å². The van der Waals surface area contributed by atoms with Gasteiger partial charge >= 0.3 is 0 Å². The summed E-state index contributed by atoms with van der Waals surface area (Å²) in [5.74, 6) is 1.55. The van der Waals surface area contributed by atoms with Crippen molar-refractivity contribution in [3.8, 4) is 5.75 Å². The summed E-state index contributed by atoms with van der Waals surface area (Å²) in [5, 5.41) is 2.91. The van der Waals surface area contributed by atoms with Gasteiger partial charge in [-0.25, -0.2) is 4.98 Å². The van der Waals surface area contributed by atoms with E-state index in [1.807, 2.05) is 24.3 Å². The second kappa shape index (κ2) is 11.1. The van der Waals surface area contributed by atoms with E-state index in [1.165, 1.54) is 12.8 Å². The van der Waals surface area contributed by atoms with Crippen LogP contribution in [0.15, 0.2) is 42.6 Å². The molecule has 1 atom stereocenters. The second-order valence-corrected chi connectivity index (χ2v) is 8.54. The van der Waals surface area contributed by atoms with Gasteiger partial charge in [0, 0.05) is 31.2 Å². The third-order valence-electron chi connectivity index (χ3n) is 5.98. The maximum Gasteiger partial charge on any atom is 0.255 e. The predicted octanol–water partition coefficient (Wildman–Crippen LogP) is 4.82. The molecule has 0 spiro atoms. The first-order chi connectivity index (χ1) is 15.0. The Morgan fingerprint density at radius 2 is 1.94 bits per heavy atom. The van der Waals surface area contributed by atoms with E-state index >= 15 is 0 Å². The molecule has 6 nitrogen and oxygen atoms in total. The van der Waals surface area contributed by atoms with Gasteiger partial charge in [0.15, 0.2) is 0 Å². The smallest absolute Gasteiger partial charge is 0.255 e. The van der Waals surface area contributed by atoms with E-state index in [9.17, 15) is 4.79 Å². The number of hydrogen-bond donors (Lipinski definition) is 1. The molecule has 1 aromatic heterocycles. The molecule has 0 aliphatic heterocycles. The summed E-state index contributed by atoms with van der Waals surface area (Å²) in [6, 6.07) is 12.4. The van der Waals surface area contributed by atoms with Crippen LogP contribution < -0.4 is 15.0 Å². The van der Waals surface area contributed by atoms with E-state index in [-0.39, 0.29) is 5.91 Å². The lowest BCUT2D eigenvalue weighted by Crippen LogP contribution is -2.34. The fourth-order valence-electron chi connectivity index (χ4n) is 3.47. The van der Waals surface area contributed by atoms with Gasteiger partial charge < -0.3 is 19.9 Å². The third kappa shape index (κ3) is 6.96. The van der Waals surface area contributed by atoms with Gasteiger partial charge in [-0.2, -0.15) is 0 Å². The summed E-state index contributed by atoms with van der Waals surface area (Å²) in [6.45, 7) is 6.07. The van der Waals surface area contributed by atoms with Gasteiger partial charge in [0.1, 0.15) is 11.6 Å². The zero-order chi connectivity index (χ0) is 22.2. The van der Waals surface area contributed by atoms with Crippen LogP contribution in [0.4, 0.5) is 11.5 Å². The van der Waals surface area contributed by atoms with Crippen molar-refractivity contribution in [2.75, 3.05) is 37.5 Å². The van der Waals surface area contributed by atoms with Crippen molar-refractivity contribution < 1.29 is 9.53 Å². The number of pyridine rings is 1. The second-order valence-electron chi connectivity index (χ2n) is 8.54. The van der Waals surface area contributed by atoms with Crippen molar-refractivity contribution in [2.24, 2.45) is 0 Å². The monoisotopic (exact) mass is 424 g/mol. The topological polar surface area (TPSA) is 57.7 Å². The zero-order valence-electron chi connectivity index (χ0n) is 19.3. The van der Waals surface area contributed by atoms with Crippen LogP contribution in [-0.2, 0) is 0 Å². The van der Waals surface area contributed by atoms with Crippen LogP contribution >= 0.6 is 0 Å². The summed E-state index contributed by atoms with van der Waals surface area (Å²) in [6.07, 6.45) is 7.61. The lowest BCUT2D eigenvalue weighted by atomic mass is 10.2. The Bertz CT molecular complexity index is 818. The van der Waals surface area contributed by atoms with Gasteiger partial charge in [-0.3, -0.25) is 4.79 Å². The fraction of sp³-hybridized carbons (Fsp3) is 0.520. The highest BCUT2D eigenvalue weighted by molar-refractivity contribution is 6.04. The van der Waals surface area contributed by atoms with Gasteiger partial charge in [-0.15, -0.1) is 0 Å². The third-order valence-corrected chi connectivity index (χ3v) is 5.98. The SMILES string of the molecule is CCCCOc1ccc(C(=O)Nc2ccc(N(C)CCC(C)N(C)C3CC3)nc2)cc1. The highest BCUT2D eigenvalue weighted by atomic mass is 16.5. The summed E-state index contributed by atoms with van der Waals surface area (Å²) >= 11 is 0. The van der Waals surface area contributed by atoms with Crippen molar-refractivity contribution in [1.29, 1.82) is 0 Å². The standard InChI is InChI=1S/C25H36N4O2/c1-5-6-17-31-23-12-7-20(8-13-23)25(30)27-21-9-14-24(26-18-21)28(3)16-15-19(2)29(4)22-10-11-22/h7-9,12-14,18-19,22H,5-6,10-11,15-17H2,1-4H3,(H,27,30). The molecule has 2 aromatic rings. The first-order valence-corrected chi connectivity index (χ1v) is 11.4. The first kappa shape index (κ1) is 23.1. The van der Waals surface area contributed by atoms with E-state index in [0.717, 1.165) is 43.4 Å². The summed E-state index contributed by atoms with van der Waals surface area (Å²) in [4.78, 5) is 21.7. The summed E-state index contributed by atoms with van der Waals surface area (Å²) < 4.78 is 5.65. The van der Waals surface area contributed by atoms with Crippen LogP contribution in [0.25, 0.3) is 0 Å². The van der Waals surface area contributed by atoms with Crippen LogP contribution in [0, 0.1) is 0 Å². The van der Waals surface area contributed by atoms with E-state index in [4.69, 9.17) is 4.74 Å². The number of hydrogen-bond acceptors (Lipinski definition) is 5. The molecule has 31 heavy (non-hydrogen) atoms. The van der Waals surface area contributed by atoms with E-state index < -0.39 is 0 Å². The quantitative estimate of drug-likeness (QED) is 0.495. The van der Waals surface area contributed by atoms with Crippen LogP contribution in [-0.4, -0.2) is 55.1 Å². The molecule has 1 saturated carbocycles. The molecular weight excluding hydrogens is 388 g/mol. The van der Waals surface area contributed by atoms with Crippen molar-refractivity contribution >= 4 is 17.4 Å². The van der Waals surface area contributed by atoms with Gasteiger partial charge in [0.25, 0.3) is 5.91 Å². The average Bonchev–Trinajstić information content (AvgIpc) is 3.63. The maximum atomic E-state index is 12.5. The Kier molecular flexibility index (Phi) is 8.29. The Balaban J connectivity index is 1.47. The molecule has 168 valence electrons. The number of aromatic nitrogens is 1. The molecular formula is C25H36N4O2. The number of unbranched alkanes of at least 4 members (excludes halogenated alkanes) is 1. The average molecular weight is 425 g/mol. The van der Waals surface area contributed by atoms with Crippen molar-refractivity contribution in [1.82, 2.24) is 9.88 Å². The predicted molar refractivity (Wildman–Crippen MR) is 127 cm³/mol. The molecule has 6 heteroatoms. The number of carbonyl (C=O) groups excluding carboxylic acids is 1. The molecule has 3 rings (SSSR count). The number of nitrogens with zero attached hydrogens (tertiary/aromatic N) is 3. The van der Waals surface area contributed by atoms with Crippen molar-refractivity contribution in [3.63, 3.8) is 0 Å². The molecule has 0 bridgehead atoms. The largest absolute Gasteiger partial charge is 0.494 e. The van der Waals surface area contributed by atoms with Crippen LogP contribution in [0.1, 0.15) is 56.3 Å². The summed E-state index contributed by atoms with van der Waals surface area (Å²) in [5.41, 5.74) is 1.28. The van der Waals surface area contributed by atoms with Gasteiger partial charge in [0.2, 0.25) is 0 Å².